The van der Waals surface area contributed by atoms with Gasteiger partial charge in [-0.05, 0) is 25.1 Å². The van der Waals surface area contributed by atoms with E-state index in [1.807, 2.05) is 47.6 Å². The number of rotatable bonds is 1. The Morgan fingerprint density at radius 3 is 1.79 bits per heavy atom. The van der Waals surface area contributed by atoms with Gasteiger partial charge in [0.05, 0.1) is 5.52 Å². The Morgan fingerprint density at radius 2 is 1.25 bits per heavy atom. The molecule has 0 aliphatic rings. The number of hydrogen-bond donors (Lipinski definition) is 0. The summed E-state index contributed by atoms with van der Waals surface area (Å²) in [6.45, 7) is 18.3. The molecule has 0 atom stereocenters. The minimum absolute atomic E-state index is 1.09. The molecule has 3 aromatic rings. The van der Waals surface area contributed by atoms with Crippen molar-refractivity contribution >= 4 is 23.6 Å². The maximum absolute atomic E-state index is 4.21. The third kappa shape index (κ3) is 4.61. The van der Waals surface area contributed by atoms with E-state index in [2.05, 4.69) is 72.7 Å². The van der Waals surface area contributed by atoms with Gasteiger partial charge in [-0.3, -0.25) is 0 Å². The van der Waals surface area contributed by atoms with Crippen molar-refractivity contribution in [1.29, 1.82) is 0 Å². The van der Waals surface area contributed by atoms with Crippen LogP contribution >= 0.6 is 0 Å². The average molecular weight is 324 g/mol. The zero-order chi connectivity index (χ0) is 18.5. The summed E-state index contributed by atoms with van der Waals surface area (Å²) in [5.74, 6) is 0. The quantitative estimate of drug-likeness (QED) is 0.524. The molecule has 0 amide bonds. The molecule has 0 unspecified atom stereocenters. The molecule has 0 saturated carbocycles. The molecule has 0 spiro atoms. The highest BCUT2D eigenvalue weighted by molar-refractivity contribution is 5.83. The van der Waals surface area contributed by atoms with Crippen LogP contribution in [0.5, 0.6) is 0 Å². The van der Waals surface area contributed by atoms with E-state index in [0.29, 0.717) is 0 Å². The summed E-state index contributed by atoms with van der Waals surface area (Å²) in [4.78, 5) is 0. The maximum atomic E-state index is 4.21. The van der Waals surface area contributed by atoms with Gasteiger partial charge in [-0.25, -0.2) is 0 Å². The molecule has 0 radical (unpaired) electrons. The fourth-order valence-electron chi connectivity index (χ4n) is 2.49. The lowest BCUT2D eigenvalue weighted by Crippen LogP contribution is -2.26. The molecule has 0 aliphatic carbocycles. The Morgan fingerprint density at radius 1 is 0.750 bits per heavy atom. The van der Waals surface area contributed by atoms with Crippen molar-refractivity contribution in [3.63, 3.8) is 0 Å². The molecule has 0 bridgehead atoms. The number of fused-ring (bicyclic) bond motifs is 1. The van der Waals surface area contributed by atoms with Crippen molar-refractivity contribution in [3.8, 4) is 5.69 Å². The first-order valence-electron chi connectivity index (χ1n) is 9.13. The number of para-hydroxylation sites is 2. The van der Waals surface area contributed by atoms with Gasteiger partial charge in [-0.1, -0.05) is 90.6 Å². The van der Waals surface area contributed by atoms with Crippen molar-refractivity contribution in [2.75, 3.05) is 0 Å². The van der Waals surface area contributed by atoms with Crippen LogP contribution in [0.15, 0.2) is 54.6 Å². The standard InChI is InChI=1S/C17H15N.3C2H6/c1-3-16-13(2)15-11-7-8-12-17(15)18(16)14-9-5-4-6-10-14;3*1-2/h3-12H,2H2,1H3;3*1-2H3/b16-3+;;;. The van der Waals surface area contributed by atoms with Crippen LogP contribution in [0.4, 0.5) is 0 Å². The lowest BCUT2D eigenvalue weighted by molar-refractivity contribution is 1.07. The molecule has 24 heavy (non-hydrogen) atoms. The normalized spacial score (nSPS) is 9.88. The molecule has 1 aromatic heterocycles. The highest BCUT2D eigenvalue weighted by Gasteiger charge is 2.06. The van der Waals surface area contributed by atoms with Crippen LogP contribution in [0.3, 0.4) is 0 Å². The summed E-state index contributed by atoms with van der Waals surface area (Å²) < 4.78 is 2.26. The summed E-state index contributed by atoms with van der Waals surface area (Å²) >= 11 is 0. The van der Waals surface area contributed by atoms with Gasteiger partial charge in [-0.2, -0.15) is 0 Å². The zero-order valence-electron chi connectivity index (χ0n) is 16.4. The van der Waals surface area contributed by atoms with E-state index in [1.54, 1.807) is 0 Å². The Bertz CT molecular complexity index is 795. The third-order valence-electron chi connectivity index (χ3n) is 3.31. The van der Waals surface area contributed by atoms with Crippen LogP contribution in [-0.2, 0) is 0 Å². The first kappa shape index (κ1) is 21.7. The Hall–Kier alpha value is -2.28. The summed E-state index contributed by atoms with van der Waals surface area (Å²) in [5.41, 5.74) is 2.39. The third-order valence-corrected chi connectivity index (χ3v) is 3.31. The van der Waals surface area contributed by atoms with Crippen LogP contribution < -0.4 is 10.6 Å². The lowest BCUT2D eigenvalue weighted by Gasteiger charge is -2.05. The molecule has 1 heterocycles. The number of nitrogens with zero attached hydrogens (tertiary/aromatic N) is 1. The van der Waals surface area contributed by atoms with E-state index in [9.17, 15) is 0 Å². The van der Waals surface area contributed by atoms with Crippen LogP contribution in [0.2, 0.25) is 0 Å². The Balaban J connectivity index is 0.000000798. The van der Waals surface area contributed by atoms with Crippen LogP contribution in [0.1, 0.15) is 48.5 Å². The largest absolute Gasteiger partial charge is 0.310 e. The maximum Gasteiger partial charge on any atom is 0.0540 e. The van der Waals surface area contributed by atoms with Gasteiger partial charge < -0.3 is 4.57 Å². The molecule has 1 heteroatoms. The molecule has 0 N–H and O–H groups in total. The van der Waals surface area contributed by atoms with Crippen LogP contribution in [0.25, 0.3) is 29.2 Å². The van der Waals surface area contributed by atoms with Crippen molar-refractivity contribution < 1.29 is 0 Å². The highest BCUT2D eigenvalue weighted by atomic mass is 15.0. The minimum Gasteiger partial charge on any atom is -0.310 e. The molecule has 0 fully saturated rings. The first-order chi connectivity index (χ1) is 11.8. The molecule has 3 rings (SSSR count). The van der Waals surface area contributed by atoms with Crippen molar-refractivity contribution in [1.82, 2.24) is 4.57 Å². The summed E-state index contributed by atoms with van der Waals surface area (Å²) in [7, 11) is 0. The molecule has 130 valence electrons. The molecule has 2 aromatic carbocycles. The van der Waals surface area contributed by atoms with Gasteiger partial charge in [0, 0.05) is 21.6 Å². The van der Waals surface area contributed by atoms with Gasteiger partial charge in [0.25, 0.3) is 0 Å². The summed E-state index contributed by atoms with van der Waals surface area (Å²) in [5, 5.41) is 3.48. The predicted molar refractivity (Wildman–Crippen MR) is 112 cm³/mol. The zero-order valence-corrected chi connectivity index (χ0v) is 16.4. The fourth-order valence-corrected chi connectivity index (χ4v) is 2.49. The van der Waals surface area contributed by atoms with Gasteiger partial charge in [0.15, 0.2) is 0 Å². The summed E-state index contributed by atoms with van der Waals surface area (Å²) in [6, 6.07) is 18.8. The molecule has 1 nitrogen and oxygen atoms in total. The topological polar surface area (TPSA) is 4.93 Å². The average Bonchev–Trinajstić information content (AvgIpc) is 2.99. The fraction of sp³-hybridized carbons (Fsp3) is 0.304. The predicted octanol–water partition coefficient (Wildman–Crippen LogP) is 5.92. The van der Waals surface area contributed by atoms with Crippen LogP contribution in [-0.4, -0.2) is 4.57 Å². The van der Waals surface area contributed by atoms with Gasteiger partial charge in [0.2, 0.25) is 0 Å². The smallest absolute Gasteiger partial charge is 0.0540 e. The van der Waals surface area contributed by atoms with E-state index in [0.717, 1.165) is 5.22 Å². The minimum atomic E-state index is 1.09. The van der Waals surface area contributed by atoms with E-state index in [-0.39, 0.29) is 0 Å². The SMILES string of the molecule is C=c1/c(=C\C)n(-c2ccccc2)c2ccccc12.CC.CC.CC. The van der Waals surface area contributed by atoms with Crippen molar-refractivity contribution in [2.24, 2.45) is 0 Å². The molecular formula is C23H33N. The Labute approximate surface area is 148 Å². The van der Waals surface area contributed by atoms with Gasteiger partial charge >= 0.3 is 0 Å². The van der Waals surface area contributed by atoms with Crippen LogP contribution in [0, 0.1) is 0 Å². The highest BCUT2D eigenvalue weighted by Crippen LogP contribution is 2.13. The second-order valence-corrected chi connectivity index (χ2v) is 4.34. The number of benzene rings is 2. The van der Waals surface area contributed by atoms with Gasteiger partial charge in [-0.15, -0.1) is 0 Å². The second-order valence-electron chi connectivity index (χ2n) is 4.34. The van der Waals surface area contributed by atoms with E-state index < -0.39 is 0 Å². The number of aromatic nitrogens is 1. The van der Waals surface area contributed by atoms with E-state index in [4.69, 9.17) is 0 Å². The van der Waals surface area contributed by atoms with E-state index >= 15 is 0 Å². The first-order valence-corrected chi connectivity index (χ1v) is 9.13. The molecular weight excluding hydrogens is 290 g/mol. The molecule has 0 saturated heterocycles. The number of hydrogen-bond acceptors (Lipinski definition) is 0. The monoisotopic (exact) mass is 323 g/mol. The van der Waals surface area contributed by atoms with Crippen molar-refractivity contribution in [2.45, 2.75) is 48.5 Å². The van der Waals surface area contributed by atoms with E-state index in [1.165, 1.54) is 21.9 Å². The lowest BCUT2D eigenvalue weighted by atomic mass is 10.2. The van der Waals surface area contributed by atoms with Crippen molar-refractivity contribution in [3.05, 3.63) is 65.2 Å². The second kappa shape index (κ2) is 12.2. The summed E-state index contributed by atoms with van der Waals surface area (Å²) in [6.07, 6.45) is 2.12. The Kier molecular flexibility index (Phi) is 11.0. The molecule has 0 aliphatic heterocycles. The van der Waals surface area contributed by atoms with Gasteiger partial charge in [0.1, 0.15) is 0 Å².